The molecule has 0 bridgehead atoms. The molecule has 0 unspecified atom stereocenters. The molecule has 1 saturated heterocycles. The van der Waals surface area contributed by atoms with E-state index < -0.39 is 16.0 Å². The molecule has 1 N–H and O–H groups in total. The summed E-state index contributed by atoms with van der Waals surface area (Å²) in [6.45, 7) is 2.29. The van der Waals surface area contributed by atoms with Gasteiger partial charge in [-0.25, -0.2) is 23.2 Å². The number of rotatable bonds is 4. The highest BCUT2D eigenvalue weighted by Gasteiger charge is 2.32. The second-order valence-corrected chi connectivity index (χ2v) is 8.46. The Bertz CT molecular complexity index is 943. The molecule has 0 radical (unpaired) electrons. The molecule has 26 heavy (non-hydrogen) atoms. The van der Waals surface area contributed by atoms with E-state index in [0.717, 1.165) is 12.8 Å². The van der Waals surface area contributed by atoms with Gasteiger partial charge in [-0.2, -0.15) is 4.31 Å². The van der Waals surface area contributed by atoms with Crippen molar-refractivity contribution in [1.29, 1.82) is 0 Å². The SMILES string of the molecule is Cc1cc(-c2cccc(C(=O)O)c2)nc([C@@H]2CCCCN2S(C)(=O)=O)n1. The predicted molar refractivity (Wildman–Crippen MR) is 97.3 cm³/mol. The van der Waals surface area contributed by atoms with Crippen molar-refractivity contribution in [2.45, 2.75) is 32.2 Å². The average Bonchev–Trinajstić information content (AvgIpc) is 2.60. The predicted octanol–water partition coefficient (Wildman–Crippen LogP) is 2.64. The van der Waals surface area contributed by atoms with Crippen molar-refractivity contribution in [3.63, 3.8) is 0 Å². The highest BCUT2D eigenvalue weighted by atomic mass is 32.2. The van der Waals surface area contributed by atoms with Crippen LogP contribution in [0.25, 0.3) is 11.3 Å². The Morgan fingerprint density at radius 3 is 2.69 bits per heavy atom. The first-order chi connectivity index (χ1) is 12.3. The quantitative estimate of drug-likeness (QED) is 0.882. The molecule has 138 valence electrons. The molecule has 0 saturated carbocycles. The number of nitrogens with zero attached hydrogens (tertiary/aromatic N) is 3. The third kappa shape index (κ3) is 3.91. The van der Waals surface area contributed by atoms with Gasteiger partial charge < -0.3 is 5.11 Å². The van der Waals surface area contributed by atoms with Crippen LogP contribution in [0.2, 0.25) is 0 Å². The molecule has 2 aromatic rings. The first-order valence-electron chi connectivity index (χ1n) is 8.42. The Morgan fingerprint density at radius 2 is 2.00 bits per heavy atom. The average molecular weight is 375 g/mol. The molecule has 0 amide bonds. The van der Waals surface area contributed by atoms with Gasteiger partial charge in [-0.15, -0.1) is 0 Å². The molecule has 1 aromatic carbocycles. The molecule has 1 aromatic heterocycles. The second-order valence-electron chi connectivity index (χ2n) is 6.52. The lowest BCUT2D eigenvalue weighted by atomic mass is 10.0. The van der Waals surface area contributed by atoms with E-state index in [1.807, 2.05) is 6.92 Å². The Morgan fingerprint density at radius 1 is 1.23 bits per heavy atom. The lowest BCUT2D eigenvalue weighted by molar-refractivity contribution is 0.0697. The fourth-order valence-electron chi connectivity index (χ4n) is 3.26. The third-order valence-corrected chi connectivity index (χ3v) is 5.74. The fourth-order valence-corrected chi connectivity index (χ4v) is 4.38. The van der Waals surface area contributed by atoms with Gasteiger partial charge in [-0.05, 0) is 38.0 Å². The van der Waals surface area contributed by atoms with Crippen molar-refractivity contribution in [2.75, 3.05) is 12.8 Å². The maximum atomic E-state index is 12.1. The largest absolute Gasteiger partial charge is 0.478 e. The van der Waals surface area contributed by atoms with Gasteiger partial charge in [0.2, 0.25) is 10.0 Å². The maximum absolute atomic E-state index is 12.1. The Kier molecular flexibility index (Phi) is 5.06. The van der Waals surface area contributed by atoms with E-state index in [2.05, 4.69) is 9.97 Å². The normalized spacial score (nSPS) is 18.6. The van der Waals surface area contributed by atoms with Gasteiger partial charge in [-0.1, -0.05) is 18.6 Å². The standard InChI is InChI=1S/C18H21N3O4S/c1-12-10-15(13-6-5-7-14(11-13)18(22)23)20-17(19-12)16-8-3-4-9-21(16)26(2,24)25/h5-7,10-11,16H,3-4,8-9H2,1-2H3,(H,22,23)/t16-/m0/s1. The van der Waals surface area contributed by atoms with Crippen LogP contribution in [-0.4, -0.2) is 46.6 Å². The van der Waals surface area contributed by atoms with Crippen LogP contribution in [-0.2, 0) is 10.0 Å². The molecule has 0 spiro atoms. The van der Waals surface area contributed by atoms with E-state index in [-0.39, 0.29) is 11.6 Å². The van der Waals surface area contributed by atoms with Crippen LogP contribution in [0.15, 0.2) is 30.3 Å². The highest BCUT2D eigenvalue weighted by molar-refractivity contribution is 7.88. The van der Waals surface area contributed by atoms with Crippen LogP contribution in [0.1, 0.15) is 47.2 Å². The van der Waals surface area contributed by atoms with Gasteiger partial charge in [0.05, 0.1) is 23.6 Å². The van der Waals surface area contributed by atoms with Gasteiger partial charge in [0.1, 0.15) is 5.82 Å². The lowest BCUT2D eigenvalue weighted by Gasteiger charge is -2.32. The molecule has 2 heterocycles. The number of piperidine rings is 1. The van der Waals surface area contributed by atoms with Gasteiger partial charge in [0, 0.05) is 17.8 Å². The van der Waals surface area contributed by atoms with Crippen molar-refractivity contribution in [1.82, 2.24) is 14.3 Å². The molecular weight excluding hydrogens is 354 g/mol. The minimum atomic E-state index is -3.36. The van der Waals surface area contributed by atoms with Gasteiger partial charge in [-0.3, -0.25) is 0 Å². The highest BCUT2D eigenvalue weighted by Crippen LogP contribution is 2.32. The minimum Gasteiger partial charge on any atom is -0.478 e. The number of sulfonamides is 1. The number of aromatic nitrogens is 2. The molecule has 8 heteroatoms. The van der Waals surface area contributed by atoms with Gasteiger partial charge in [0.15, 0.2) is 0 Å². The van der Waals surface area contributed by atoms with Crippen LogP contribution < -0.4 is 0 Å². The number of hydrogen-bond donors (Lipinski definition) is 1. The summed E-state index contributed by atoms with van der Waals surface area (Å²) in [6.07, 6.45) is 3.62. The summed E-state index contributed by atoms with van der Waals surface area (Å²) in [5.41, 5.74) is 2.15. The smallest absolute Gasteiger partial charge is 0.335 e. The van der Waals surface area contributed by atoms with Gasteiger partial charge >= 0.3 is 5.97 Å². The molecule has 0 aliphatic carbocycles. The molecule has 1 aliphatic heterocycles. The first kappa shape index (κ1) is 18.5. The summed E-state index contributed by atoms with van der Waals surface area (Å²) in [4.78, 5) is 20.3. The zero-order valence-corrected chi connectivity index (χ0v) is 15.5. The van der Waals surface area contributed by atoms with E-state index >= 15 is 0 Å². The van der Waals surface area contributed by atoms with Crippen LogP contribution >= 0.6 is 0 Å². The van der Waals surface area contributed by atoms with Crippen LogP contribution in [0, 0.1) is 6.92 Å². The number of carboxylic acids is 1. The lowest BCUT2D eigenvalue weighted by Crippen LogP contribution is -2.38. The fraction of sp³-hybridized carbons (Fsp3) is 0.389. The molecular formula is C18H21N3O4S. The first-order valence-corrected chi connectivity index (χ1v) is 10.3. The zero-order chi connectivity index (χ0) is 18.9. The van der Waals surface area contributed by atoms with Crippen molar-refractivity contribution >= 4 is 16.0 Å². The van der Waals surface area contributed by atoms with E-state index in [4.69, 9.17) is 0 Å². The molecule has 3 rings (SSSR count). The van der Waals surface area contributed by atoms with E-state index in [0.29, 0.717) is 35.7 Å². The number of carbonyl (C=O) groups is 1. The summed E-state index contributed by atoms with van der Waals surface area (Å²) >= 11 is 0. The summed E-state index contributed by atoms with van der Waals surface area (Å²) in [5.74, 6) is -0.542. The zero-order valence-electron chi connectivity index (χ0n) is 14.7. The van der Waals surface area contributed by atoms with Crippen molar-refractivity contribution in [2.24, 2.45) is 0 Å². The van der Waals surface area contributed by atoms with E-state index in [1.165, 1.54) is 16.6 Å². The van der Waals surface area contributed by atoms with Crippen molar-refractivity contribution in [3.05, 3.63) is 47.4 Å². The number of hydrogen-bond acceptors (Lipinski definition) is 5. The van der Waals surface area contributed by atoms with E-state index in [9.17, 15) is 18.3 Å². The van der Waals surface area contributed by atoms with Crippen molar-refractivity contribution in [3.8, 4) is 11.3 Å². The molecule has 1 atom stereocenters. The monoisotopic (exact) mass is 375 g/mol. The summed E-state index contributed by atoms with van der Waals surface area (Å²) < 4.78 is 25.7. The van der Waals surface area contributed by atoms with Crippen LogP contribution in [0.3, 0.4) is 0 Å². The second kappa shape index (κ2) is 7.13. The van der Waals surface area contributed by atoms with Crippen LogP contribution in [0.4, 0.5) is 0 Å². The Labute approximate surface area is 152 Å². The molecule has 1 aliphatic rings. The number of carboxylic acid groups (broad SMARTS) is 1. The number of aromatic carboxylic acids is 1. The minimum absolute atomic E-state index is 0.177. The number of benzene rings is 1. The third-order valence-electron chi connectivity index (χ3n) is 4.45. The molecule has 7 nitrogen and oxygen atoms in total. The van der Waals surface area contributed by atoms with E-state index in [1.54, 1.807) is 24.3 Å². The summed E-state index contributed by atoms with van der Waals surface area (Å²) in [7, 11) is -3.36. The maximum Gasteiger partial charge on any atom is 0.335 e. The summed E-state index contributed by atoms with van der Waals surface area (Å²) in [6, 6.07) is 7.92. The molecule has 1 fully saturated rings. The van der Waals surface area contributed by atoms with Crippen LogP contribution in [0.5, 0.6) is 0 Å². The topological polar surface area (TPSA) is 100 Å². The number of aryl methyl sites for hydroxylation is 1. The Hall–Kier alpha value is -2.32. The Balaban J connectivity index is 2.05. The van der Waals surface area contributed by atoms with Crippen molar-refractivity contribution < 1.29 is 18.3 Å². The summed E-state index contributed by atoms with van der Waals surface area (Å²) in [5, 5.41) is 9.19. The van der Waals surface area contributed by atoms with Gasteiger partial charge in [0.25, 0.3) is 0 Å².